The van der Waals surface area contributed by atoms with E-state index in [-0.39, 0.29) is 46.1 Å². The van der Waals surface area contributed by atoms with Crippen LogP contribution in [-0.4, -0.2) is 68.9 Å². The Balaban J connectivity index is 1.91. The van der Waals surface area contributed by atoms with E-state index in [0.29, 0.717) is 6.42 Å². The Bertz CT molecular complexity index is 953. The van der Waals surface area contributed by atoms with E-state index in [2.05, 4.69) is 95.0 Å². The van der Waals surface area contributed by atoms with E-state index in [9.17, 15) is 9.59 Å². The largest absolute Gasteiger partial charge is 0.362 e. The summed E-state index contributed by atoms with van der Waals surface area (Å²) in [4.78, 5) is 33.2. The Morgan fingerprint density at radius 1 is 0.643 bits per heavy atom. The van der Waals surface area contributed by atoms with Gasteiger partial charge in [-0.3, -0.25) is 9.59 Å². The number of hydrogen-bond acceptors (Lipinski definition) is 5. The van der Waals surface area contributed by atoms with Crippen LogP contribution in [0.5, 0.6) is 0 Å². The summed E-state index contributed by atoms with van der Waals surface area (Å²) in [5.74, 6) is 0.183. The van der Waals surface area contributed by atoms with Gasteiger partial charge in [-0.25, -0.2) is 0 Å². The number of amides is 2. The van der Waals surface area contributed by atoms with Crippen LogP contribution in [0.15, 0.2) is 22.5 Å². The maximum absolute atomic E-state index is 14.5. The quantitative estimate of drug-likeness (QED) is 0.276. The minimum atomic E-state index is -0.0563. The first-order valence-corrected chi connectivity index (χ1v) is 16.7. The monoisotopic (exact) mass is 585 g/mol. The second kappa shape index (κ2) is 13.0. The molecule has 0 aromatic heterocycles. The Hall–Kier alpha value is -1.86. The summed E-state index contributed by atoms with van der Waals surface area (Å²) in [5.41, 5.74) is 3.03. The van der Waals surface area contributed by atoms with Crippen LogP contribution >= 0.6 is 0 Å². The molecule has 0 bridgehead atoms. The van der Waals surface area contributed by atoms with Crippen LogP contribution in [0, 0.1) is 0 Å². The lowest BCUT2D eigenvalue weighted by atomic mass is 9.78. The molecule has 0 aliphatic carbocycles. The highest BCUT2D eigenvalue weighted by Crippen LogP contribution is 2.36. The maximum Gasteiger partial charge on any atom is 0.252 e. The van der Waals surface area contributed by atoms with Gasteiger partial charge in [-0.15, -0.1) is 0 Å². The SMILES string of the molecule is CCCCN(C(=O)C1=C(C)NC(C)=C(C(=O)N(CCCC)C2CC(C)(C)NC(C)(C)C2)C1)C1CC(C)(C)NC(C)(C)C1. The van der Waals surface area contributed by atoms with Crippen LogP contribution < -0.4 is 16.0 Å². The molecule has 240 valence electrons. The van der Waals surface area contributed by atoms with E-state index in [1.165, 1.54) is 0 Å². The van der Waals surface area contributed by atoms with Crippen LogP contribution in [-0.2, 0) is 9.59 Å². The third kappa shape index (κ3) is 8.62. The van der Waals surface area contributed by atoms with E-state index >= 15 is 0 Å². The summed E-state index contributed by atoms with van der Waals surface area (Å²) in [6.45, 7) is 27.8. The van der Waals surface area contributed by atoms with Crippen molar-refractivity contribution in [3.8, 4) is 0 Å². The van der Waals surface area contributed by atoms with Gasteiger partial charge >= 0.3 is 0 Å². The lowest BCUT2D eigenvalue weighted by Crippen LogP contribution is -2.63. The van der Waals surface area contributed by atoms with Gasteiger partial charge in [0.05, 0.1) is 0 Å². The average molecular weight is 586 g/mol. The summed E-state index contributed by atoms with van der Waals surface area (Å²) in [7, 11) is 0. The first-order chi connectivity index (χ1) is 19.3. The highest BCUT2D eigenvalue weighted by molar-refractivity contribution is 6.01. The van der Waals surface area contributed by atoms with Crippen LogP contribution in [0.1, 0.15) is 141 Å². The number of carbonyl (C=O) groups excluding carboxylic acids is 2. The van der Waals surface area contributed by atoms with Crippen molar-refractivity contribution in [1.82, 2.24) is 25.8 Å². The second-order valence-corrected chi connectivity index (χ2v) is 16.1. The molecule has 3 heterocycles. The second-order valence-electron chi connectivity index (χ2n) is 16.1. The van der Waals surface area contributed by atoms with Crippen molar-refractivity contribution in [2.75, 3.05) is 13.1 Å². The molecule has 0 unspecified atom stereocenters. The van der Waals surface area contributed by atoms with E-state index in [0.717, 1.165) is 87.0 Å². The number of piperidine rings is 2. The standard InChI is InChI=1S/C35H63N5O2/c1-13-15-17-39(26-20-32(5,6)37-33(7,8)21-26)30(41)28-19-29(25(4)36-24(28)3)31(42)40(18-16-14-2)27-22-34(9,10)38-35(11,12)23-27/h26-27,36-38H,13-23H2,1-12H3. The van der Waals surface area contributed by atoms with Crippen LogP contribution in [0.3, 0.4) is 0 Å². The highest BCUT2D eigenvalue weighted by atomic mass is 16.2. The molecule has 0 atom stereocenters. The number of carbonyl (C=O) groups is 2. The minimum Gasteiger partial charge on any atom is -0.362 e. The Morgan fingerprint density at radius 3 is 1.24 bits per heavy atom. The molecule has 0 aromatic carbocycles. The molecule has 3 aliphatic heterocycles. The summed E-state index contributed by atoms with van der Waals surface area (Å²) in [6.07, 6.45) is 8.08. The Labute approximate surface area is 257 Å². The molecule has 0 radical (unpaired) electrons. The van der Waals surface area contributed by atoms with Crippen LogP contribution in [0.2, 0.25) is 0 Å². The predicted octanol–water partition coefficient (Wildman–Crippen LogP) is 6.40. The van der Waals surface area contributed by atoms with Gasteiger partial charge in [0.1, 0.15) is 0 Å². The van der Waals surface area contributed by atoms with E-state index in [4.69, 9.17) is 0 Å². The summed E-state index contributed by atoms with van der Waals surface area (Å²) >= 11 is 0. The molecule has 0 saturated carbocycles. The van der Waals surface area contributed by atoms with Gasteiger partial charge < -0.3 is 25.8 Å². The van der Waals surface area contributed by atoms with Gasteiger partial charge in [0, 0.05) is 76.3 Å². The molecule has 2 saturated heterocycles. The highest BCUT2D eigenvalue weighted by Gasteiger charge is 2.44. The lowest BCUT2D eigenvalue weighted by Gasteiger charge is -2.50. The van der Waals surface area contributed by atoms with E-state index < -0.39 is 0 Å². The molecule has 7 heteroatoms. The van der Waals surface area contributed by atoms with Gasteiger partial charge in [0.15, 0.2) is 0 Å². The molecule has 0 spiro atoms. The molecular formula is C35H63N5O2. The molecule has 2 fully saturated rings. The molecule has 0 aromatic rings. The number of dihydropyridines is 1. The fourth-order valence-corrected chi connectivity index (χ4v) is 8.23. The average Bonchev–Trinajstić information content (AvgIpc) is 2.80. The molecule has 3 rings (SSSR count). The zero-order valence-electron chi connectivity index (χ0n) is 29.1. The smallest absolute Gasteiger partial charge is 0.252 e. The van der Waals surface area contributed by atoms with Crippen LogP contribution in [0.25, 0.3) is 0 Å². The first-order valence-electron chi connectivity index (χ1n) is 16.7. The fraction of sp³-hybridized carbons (Fsp3) is 0.829. The zero-order valence-corrected chi connectivity index (χ0v) is 29.1. The van der Waals surface area contributed by atoms with E-state index in [1.807, 2.05) is 13.8 Å². The van der Waals surface area contributed by atoms with Gasteiger partial charge in [0.2, 0.25) is 0 Å². The van der Waals surface area contributed by atoms with Crippen molar-refractivity contribution in [3.05, 3.63) is 22.5 Å². The molecule has 7 nitrogen and oxygen atoms in total. The van der Waals surface area contributed by atoms with Crippen molar-refractivity contribution in [1.29, 1.82) is 0 Å². The van der Waals surface area contributed by atoms with Gasteiger partial charge in [-0.2, -0.15) is 0 Å². The minimum absolute atomic E-state index is 0.0563. The number of rotatable bonds is 10. The number of nitrogens with zero attached hydrogens (tertiary/aromatic N) is 2. The van der Waals surface area contributed by atoms with Crippen molar-refractivity contribution in [2.45, 2.75) is 175 Å². The summed E-state index contributed by atoms with van der Waals surface area (Å²) in [6, 6.07) is 0.309. The van der Waals surface area contributed by atoms with Crippen molar-refractivity contribution in [3.63, 3.8) is 0 Å². The van der Waals surface area contributed by atoms with Crippen molar-refractivity contribution < 1.29 is 9.59 Å². The van der Waals surface area contributed by atoms with Crippen LogP contribution in [0.4, 0.5) is 0 Å². The molecular weight excluding hydrogens is 522 g/mol. The Kier molecular flexibility index (Phi) is 10.7. The molecule has 2 amide bonds. The van der Waals surface area contributed by atoms with E-state index in [1.54, 1.807) is 0 Å². The first kappa shape index (κ1) is 34.6. The number of allylic oxidation sites excluding steroid dienone is 2. The van der Waals surface area contributed by atoms with Gasteiger partial charge in [-0.1, -0.05) is 26.7 Å². The molecule has 3 N–H and O–H groups in total. The number of hydrogen-bond donors (Lipinski definition) is 3. The van der Waals surface area contributed by atoms with Crippen molar-refractivity contribution >= 4 is 11.8 Å². The lowest BCUT2D eigenvalue weighted by molar-refractivity contribution is -0.132. The normalized spacial score (nSPS) is 23.9. The predicted molar refractivity (Wildman–Crippen MR) is 175 cm³/mol. The van der Waals surface area contributed by atoms with Gasteiger partial charge in [0.25, 0.3) is 11.8 Å². The summed E-state index contributed by atoms with van der Waals surface area (Å²) < 4.78 is 0. The Morgan fingerprint density at radius 2 is 0.952 bits per heavy atom. The molecule has 42 heavy (non-hydrogen) atoms. The third-order valence-electron chi connectivity index (χ3n) is 9.40. The third-order valence-corrected chi connectivity index (χ3v) is 9.40. The maximum atomic E-state index is 14.5. The fourth-order valence-electron chi connectivity index (χ4n) is 8.23. The van der Waals surface area contributed by atoms with Crippen molar-refractivity contribution in [2.24, 2.45) is 0 Å². The molecule has 3 aliphatic rings. The van der Waals surface area contributed by atoms with Gasteiger partial charge in [-0.05, 0) is 108 Å². The number of unbranched alkanes of at least 4 members (excludes halogenated alkanes) is 2. The summed E-state index contributed by atoms with van der Waals surface area (Å²) in [5, 5.41) is 11.0. The number of nitrogens with one attached hydrogen (secondary N) is 3. The zero-order chi connectivity index (χ0) is 31.7. The topological polar surface area (TPSA) is 76.7 Å².